The van der Waals surface area contributed by atoms with E-state index in [9.17, 15) is 0 Å². The van der Waals surface area contributed by atoms with Crippen molar-refractivity contribution in [2.75, 3.05) is 12.4 Å². The molecule has 25 heavy (non-hydrogen) atoms. The Morgan fingerprint density at radius 1 is 1.24 bits per heavy atom. The molecule has 3 aromatic rings. The maximum Gasteiger partial charge on any atom is 0.191 e. The second kappa shape index (κ2) is 8.07. The lowest BCUT2D eigenvalue weighted by Gasteiger charge is -2.08. The van der Waals surface area contributed by atoms with E-state index in [0.717, 1.165) is 22.7 Å². The second-order valence-electron chi connectivity index (χ2n) is 5.12. The van der Waals surface area contributed by atoms with Crippen molar-refractivity contribution in [1.82, 2.24) is 15.0 Å². The Morgan fingerprint density at radius 3 is 2.80 bits per heavy atom. The van der Waals surface area contributed by atoms with Gasteiger partial charge in [-0.2, -0.15) is 5.10 Å². The van der Waals surface area contributed by atoms with E-state index in [-0.39, 0.29) is 0 Å². The van der Waals surface area contributed by atoms with Crippen LogP contribution in [0.4, 0.5) is 5.69 Å². The summed E-state index contributed by atoms with van der Waals surface area (Å²) in [7, 11) is 1.62. The third-order valence-corrected chi connectivity index (χ3v) is 3.60. The standard InChI is InChI=1S/C18H17N5OS/c1-24-17-4-2-3-15(11-17)21-18(25)22-20-12-14-5-7-16(8-6-14)23-10-9-19-13-23/h2-13H,1H3,(H2,21,22,25)/b20-12+. The Kier molecular flexibility index (Phi) is 5.38. The summed E-state index contributed by atoms with van der Waals surface area (Å²) in [5.74, 6) is 0.759. The second-order valence-corrected chi connectivity index (χ2v) is 5.53. The van der Waals surface area contributed by atoms with Crippen molar-refractivity contribution in [3.8, 4) is 11.4 Å². The average Bonchev–Trinajstić information content (AvgIpc) is 3.17. The topological polar surface area (TPSA) is 63.5 Å². The fraction of sp³-hybridized carbons (Fsp3) is 0.0556. The molecule has 0 radical (unpaired) electrons. The summed E-state index contributed by atoms with van der Waals surface area (Å²) in [6.45, 7) is 0. The molecule has 3 rings (SSSR count). The van der Waals surface area contributed by atoms with Gasteiger partial charge in [0.15, 0.2) is 5.11 Å². The highest BCUT2D eigenvalue weighted by atomic mass is 32.1. The molecule has 0 aliphatic rings. The molecule has 0 saturated carbocycles. The normalized spacial score (nSPS) is 10.6. The van der Waals surface area contributed by atoms with Gasteiger partial charge in [-0.05, 0) is 42.0 Å². The third-order valence-electron chi connectivity index (χ3n) is 3.40. The van der Waals surface area contributed by atoms with Gasteiger partial charge in [0.25, 0.3) is 0 Å². The number of hydrazone groups is 1. The van der Waals surface area contributed by atoms with Crippen LogP contribution in [0.15, 0.2) is 72.4 Å². The number of imidazole rings is 1. The summed E-state index contributed by atoms with van der Waals surface area (Å²) in [5.41, 5.74) is 5.62. The number of anilines is 1. The van der Waals surface area contributed by atoms with Crippen molar-refractivity contribution in [1.29, 1.82) is 0 Å². The summed E-state index contributed by atoms with van der Waals surface area (Å²) < 4.78 is 7.11. The summed E-state index contributed by atoms with van der Waals surface area (Å²) >= 11 is 5.22. The van der Waals surface area contributed by atoms with Crippen molar-refractivity contribution >= 4 is 29.2 Å². The zero-order chi connectivity index (χ0) is 17.5. The third kappa shape index (κ3) is 4.65. The highest BCUT2D eigenvalue weighted by molar-refractivity contribution is 7.80. The molecule has 0 spiro atoms. The first-order valence-electron chi connectivity index (χ1n) is 7.57. The minimum atomic E-state index is 0.402. The first kappa shape index (κ1) is 16.7. The Balaban J connectivity index is 1.54. The van der Waals surface area contributed by atoms with Gasteiger partial charge >= 0.3 is 0 Å². The van der Waals surface area contributed by atoms with Gasteiger partial charge in [0, 0.05) is 29.8 Å². The Labute approximate surface area is 151 Å². The first-order chi connectivity index (χ1) is 12.2. The monoisotopic (exact) mass is 351 g/mol. The molecule has 7 heteroatoms. The minimum Gasteiger partial charge on any atom is -0.497 e. The fourth-order valence-electron chi connectivity index (χ4n) is 2.17. The lowest BCUT2D eigenvalue weighted by molar-refractivity contribution is 0.415. The van der Waals surface area contributed by atoms with Crippen LogP contribution in [-0.4, -0.2) is 28.0 Å². The van der Waals surface area contributed by atoms with E-state index in [0.29, 0.717) is 5.11 Å². The number of benzene rings is 2. The summed E-state index contributed by atoms with van der Waals surface area (Å²) in [6, 6.07) is 15.4. The lowest BCUT2D eigenvalue weighted by Crippen LogP contribution is -2.23. The van der Waals surface area contributed by atoms with Crippen LogP contribution in [0, 0.1) is 0 Å². The van der Waals surface area contributed by atoms with Crippen LogP contribution < -0.4 is 15.5 Å². The SMILES string of the molecule is COc1cccc(NC(=S)N/N=C/c2ccc(-n3ccnc3)cc2)c1. The molecule has 0 aliphatic heterocycles. The molecule has 126 valence electrons. The molecule has 1 heterocycles. The molecule has 1 aromatic heterocycles. The number of thiocarbonyl (C=S) groups is 1. The zero-order valence-electron chi connectivity index (χ0n) is 13.6. The van der Waals surface area contributed by atoms with Crippen LogP contribution in [0.3, 0.4) is 0 Å². The van der Waals surface area contributed by atoms with E-state index in [1.807, 2.05) is 59.3 Å². The number of methoxy groups -OCH3 is 1. The Morgan fingerprint density at radius 2 is 2.08 bits per heavy atom. The van der Waals surface area contributed by atoms with Gasteiger partial charge in [-0.25, -0.2) is 4.98 Å². The van der Waals surface area contributed by atoms with E-state index < -0.39 is 0 Å². The minimum absolute atomic E-state index is 0.402. The molecular formula is C18H17N5OS. The molecule has 0 atom stereocenters. The number of nitrogens with one attached hydrogen (secondary N) is 2. The summed E-state index contributed by atoms with van der Waals surface area (Å²) in [4.78, 5) is 4.03. The molecule has 2 aromatic carbocycles. The van der Waals surface area contributed by atoms with Gasteiger partial charge in [-0.3, -0.25) is 5.43 Å². The Hall–Kier alpha value is -3.19. The van der Waals surface area contributed by atoms with Crippen molar-refractivity contribution in [2.45, 2.75) is 0 Å². The molecule has 0 bridgehead atoms. The van der Waals surface area contributed by atoms with Crippen LogP contribution in [0.2, 0.25) is 0 Å². The maximum atomic E-state index is 5.22. The number of ether oxygens (including phenoxy) is 1. The quantitative estimate of drug-likeness (QED) is 0.420. The van der Waals surface area contributed by atoms with E-state index in [1.54, 1.807) is 25.8 Å². The predicted octanol–water partition coefficient (Wildman–Crippen LogP) is 3.20. The number of hydrogen-bond acceptors (Lipinski definition) is 4. The van der Waals surface area contributed by atoms with Crippen LogP contribution in [0.5, 0.6) is 5.75 Å². The van der Waals surface area contributed by atoms with Crippen molar-refractivity contribution < 1.29 is 4.74 Å². The average molecular weight is 351 g/mol. The molecule has 0 unspecified atom stereocenters. The van der Waals surface area contributed by atoms with Crippen molar-refractivity contribution in [3.63, 3.8) is 0 Å². The summed E-state index contributed by atoms with van der Waals surface area (Å²) in [6.07, 6.45) is 7.10. The number of hydrogen-bond donors (Lipinski definition) is 2. The van der Waals surface area contributed by atoms with Gasteiger partial charge in [-0.1, -0.05) is 18.2 Å². The fourth-order valence-corrected chi connectivity index (χ4v) is 2.34. The molecular weight excluding hydrogens is 334 g/mol. The maximum absolute atomic E-state index is 5.22. The van der Waals surface area contributed by atoms with Crippen LogP contribution >= 0.6 is 12.2 Å². The van der Waals surface area contributed by atoms with Gasteiger partial charge < -0.3 is 14.6 Å². The molecule has 0 amide bonds. The number of nitrogens with zero attached hydrogens (tertiary/aromatic N) is 3. The van der Waals surface area contributed by atoms with Crippen LogP contribution in [0.25, 0.3) is 5.69 Å². The molecule has 0 aliphatic carbocycles. The van der Waals surface area contributed by atoms with E-state index in [4.69, 9.17) is 17.0 Å². The number of rotatable bonds is 5. The Bertz CT molecular complexity index is 859. The van der Waals surface area contributed by atoms with Crippen molar-refractivity contribution in [2.24, 2.45) is 5.10 Å². The smallest absolute Gasteiger partial charge is 0.191 e. The molecule has 6 nitrogen and oxygen atoms in total. The van der Waals surface area contributed by atoms with Crippen molar-refractivity contribution in [3.05, 3.63) is 72.8 Å². The van der Waals surface area contributed by atoms with E-state index in [2.05, 4.69) is 20.8 Å². The lowest BCUT2D eigenvalue weighted by atomic mass is 10.2. The number of aromatic nitrogens is 2. The van der Waals surface area contributed by atoms with Gasteiger partial charge in [-0.15, -0.1) is 0 Å². The zero-order valence-corrected chi connectivity index (χ0v) is 14.4. The summed E-state index contributed by atoms with van der Waals surface area (Å²) in [5, 5.41) is 7.59. The highest BCUT2D eigenvalue weighted by Gasteiger charge is 1.98. The van der Waals surface area contributed by atoms with Gasteiger partial charge in [0.05, 0.1) is 19.7 Å². The van der Waals surface area contributed by atoms with E-state index in [1.165, 1.54) is 0 Å². The van der Waals surface area contributed by atoms with Crippen LogP contribution in [0.1, 0.15) is 5.56 Å². The first-order valence-corrected chi connectivity index (χ1v) is 7.98. The van der Waals surface area contributed by atoms with Gasteiger partial charge in [0.2, 0.25) is 0 Å². The largest absolute Gasteiger partial charge is 0.497 e. The van der Waals surface area contributed by atoms with Gasteiger partial charge in [0.1, 0.15) is 5.75 Å². The highest BCUT2D eigenvalue weighted by Crippen LogP contribution is 2.16. The molecule has 0 saturated heterocycles. The molecule has 2 N–H and O–H groups in total. The predicted molar refractivity (Wildman–Crippen MR) is 104 cm³/mol. The van der Waals surface area contributed by atoms with E-state index >= 15 is 0 Å². The molecule has 0 fully saturated rings. The van der Waals surface area contributed by atoms with Crippen LogP contribution in [-0.2, 0) is 0 Å².